The molecule has 0 saturated carbocycles. The van der Waals surface area contributed by atoms with Crippen LogP contribution >= 0.6 is 11.8 Å². The van der Waals surface area contributed by atoms with E-state index in [-0.39, 0.29) is 24.1 Å². The van der Waals surface area contributed by atoms with Crippen LogP contribution in [0.5, 0.6) is 0 Å². The fourth-order valence-electron chi connectivity index (χ4n) is 2.75. The van der Waals surface area contributed by atoms with Crippen LogP contribution in [0.1, 0.15) is 30.5 Å². The molecule has 2 amide bonds. The van der Waals surface area contributed by atoms with E-state index in [0.717, 1.165) is 29.5 Å². The number of benzene rings is 2. The number of carbonyl (C=O) groups excluding carboxylic acids is 2. The molecule has 0 aromatic heterocycles. The van der Waals surface area contributed by atoms with E-state index in [4.69, 9.17) is 0 Å². The van der Waals surface area contributed by atoms with Gasteiger partial charge < -0.3 is 10.6 Å². The van der Waals surface area contributed by atoms with E-state index in [9.17, 15) is 22.8 Å². The zero-order chi connectivity index (χ0) is 19.6. The summed E-state index contributed by atoms with van der Waals surface area (Å²) in [6, 6.07) is 12.4. The van der Waals surface area contributed by atoms with E-state index in [1.165, 1.54) is 6.07 Å². The number of thioether (sulfide) groups is 1. The van der Waals surface area contributed by atoms with Crippen LogP contribution < -0.4 is 10.6 Å². The Kier molecular flexibility index (Phi) is 5.46. The Morgan fingerprint density at radius 1 is 1.22 bits per heavy atom. The lowest BCUT2D eigenvalue weighted by atomic mass is 10.1. The van der Waals surface area contributed by atoms with Crippen molar-refractivity contribution in [1.29, 1.82) is 0 Å². The van der Waals surface area contributed by atoms with Crippen LogP contribution in [0.4, 0.5) is 18.9 Å². The van der Waals surface area contributed by atoms with Crippen molar-refractivity contribution >= 4 is 29.3 Å². The molecule has 1 aliphatic rings. The summed E-state index contributed by atoms with van der Waals surface area (Å²) in [4.78, 5) is 25.0. The molecule has 0 unspecified atom stereocenters. The maximum absolute atomic E-state index is 12.8. The predicted octanol–water partition coefficient (Wildman–Crippen LogP) is 4.39. The summed E-state index contributed by atoms with van der Waals surface area (Å²) in [7, 11) is 0. The van der Waals surface area contributed by atoms with Gasteiger partial charge >= 0.3 is 6.18 Å². The van der Waals surface area contributed by atoms with Gasteiger partial charge in [0.05, 0.1) is 22.5 Å². The van der Waals surface area contributed by atoms with Crippen LogP contribution in [-0.4, -0.2) is 17.1 Å². The van der Waals surface area contributed by atoms with E-state index >= 15 is 0 Å². The lowest BCUT2D eigenvalue weighted by Gasteiger charge is -2.25. The van der Waals surface area contributed by atoms with Gasteiger partial charge in [-0.05, 0) is 30.7 Å². The van der Waals surface area contributed by atoms with Crippen LogP contribution in [0.25, 0.3) is 0 Å². The van der Waals surface area contributed by atoms with Crippen molar-refractivity contribution in [2.45, 2.75) is 35.7 Å². The smallest absolute Gasteiger partial charge is 0.350 e. The Bertz CT molecular complexity index is 856. The third-order valence-electron chi connectivity index (χ3n) is 4.17. The quantitative estimate of drug-likeness (QED) is 0.809. The van der Waals surface area contributed by atoms with Gasteiger partial charge in [-0.3, -0.25) is 9.59 Å². The molecule has 2 N–H and O–H groups in total. The summed E-state index contributed by atoms with van der Waals surface area (Å²) < 4.78 is 38.4. The van der Waals surface area contributed by atoms with Crippen molar-refractivity contribution in [3.05, 3.63) is 59.7 Å². The van der Waals surface area contributed by atoms with Crippen LogP contribution in [-0.2, 0) is 15.8 Å². The van der Waals surface area contributed by atoms with Crippen molar-refractivity contribution in [3.63, 3.8) is 0 Å². The monoisotopic (exact) mass is 394 g/mol. The van der Waals surface area contributed by atoms with Crippen LogP contribution in [0, 0.1) is 0 Å². The Morgan fingerprint density at radius 2 is 1.93 bits per heavy atom. The lowest BCUT2D eigenvalue weighted by molar-refractivity contribution is -0.137. The number of rotatable bonds is 4. The van der Waals surface area contributed by atoms with Gasteiger partial charge in [-0.1, -0.05) is 30.3 Å². The molecule has 2 aromatic carbocycles. The van der Waals surface area contributed by atoms with E-state index in [1.54, 1.807) is 0 Å². The van der Waals surface area contributed by atoms with Gasteiger partial charge in [0.2, 0.25) is 11.8 Å². The minimum absolute atomic E-state index is 0.0614. The molecule has 0 radical (unpaired) electrons. The molecule has 142 valence electrons. The van der Waals surface area contributed by atoms with Crippen molar-refractivity contribution in [2.75, 3.05) is 5.32 Å². The fraction of sp³-hybridized carbons (Fsp3) is 0.263. The highest BCUT2D eigenvalue weighted by atomic mass is 32.2. The summed E-state index contributed by atoms with van der Waals surface area (Å²) in [6.07, 6.45) is -4.54. The van der Waals surface area contributed by atoms with E-state index in [0.29, 0.717) is 4.90 Å². The molecule has 1 heterocycles. The molecule has 8 heteroatoms. The van der Waals surface area contributed by atoms with Gasteiger partial charge in [0.15, 0.2) is 0 Å². The average molecular weight is 394 g/mol. The summed E-state index contributed by atoms with van der Waals surface area (Å²) >= 11 is 1.10. The Balaban J connectivity index is 1.65. The Hall–Kier alpha value is -2.48. The first-order valence-corrected chi connectivity index (χ1v) is 9.15. The summed E-state index contributed by atoms with van der Waals surface area (Å²) in [5.74, 6) is -0.774. The second-order valence-corrected chi connectivity index (χ2v) is 7.45. The first kappa shape index (κ1) is 19.3. The maximum atomic E-state index is 12.8. The zero-order valence-electron chi connectivity index (χ0n) is 14.3. The largest absolute Gasteiger partial charge is 0.416 e. The van der Waals surface area contributed by atoms with Gasteiger partial charge in [-0.25, -0.2) is 0 Å². The lowest BCUT2D eigenvalue weighted by Crippen LogP contribution is -2.35. The van der Waals surface area contributed by atoms with Gasteiger partial charge in [0, 0.05) is 11.3 Å². The second kappa shape index (κ2) is 7.64. The molecule has 27 heavy (non-hydrogen) atoms. The molecule has 4 nitrogen and oxygen atoms in total. The van der Waals surface area contributed by atoms with Crippen molar-refractivity contribution in [1.82, 2.24) is 5.32 Å². The molecule has 0 spiro atoms. The minimum Gasteiger partial charge on any atom is -0.350 e. The molecule has 0 saturated heterocycles. The predicted molar refractivity (Wildman–Crippen MR) is 97.3 cm³/mol. The number of anilines is 1. The van der Waals surface area contributed by atoms with Crippen molar-refractivity contribution in [3.8, 4) is 0 Å². The maximum Gasteiger partial charge on any atom is 0.416 e. The molecule has 1 aliphatic heterocycles. The molecule has 0 aliphatic carbocycles. The van der Waals surface area contributed by atoms with Gasteiger partial charge in [0.1, 0.15) is 0 Å². The zero-order valence-corrected chi connectivity index (χ0v) is 15.2. The second-order valence-electron chi connectivity index (χ2n) is 6.21. The van der Waals surface area contributed by atoms with Gasteiger partial charge in [-0.2, -0.15) is 13.2 Å². The van der Waals surface area contributed by atoms with Crippen LogP contribution in [0.15, 0.2) is 53.4 Å². The molecular weight excluding hydrogens is 377 g/mol. The number of amides is 2. The molecule has 0 fully saturated rings. The third kappa shape index (κ3) is 4.63. The number of fused-ring (bicyclic) bond motifs is 1. The number of alkyl halides is 3. The standard InChI is InChI=1S/C19H17F3N2O2S/c1-11(12-5-3-2-4-6-12)23-17(25)10-16-18(26)24-14-9-13(19(20,21)22)7-8-15(14)27-16/h2-9,11,16H,10H2,1H3,(H,23,25)(H,24,26)/t11-,16+/m1/s1. The van der Waals surface area contributed by atoms with E-state index < -0.39 is 22.9 Å². The highest BCUT2D eigenvalue weighted by Crippen LogP contribution is 2.40. The highest BCUT2D eigenvalue weighted by molar-refractivity contribution is 8.01. The summed E-state index contributed by atoms with van der Waals surface area (Å²) in [5.41, 5.74) is 0.237. The third-order valence-corrected chi connectivity index (χ3v) is 5.45. The number of carbonyl (C=O) groups is 2. The fourth-order valence-corrected chi connectivity index (χ4v) is 3.85. The Morgan fingerprint density at radius 3 is 2.59 bits per heavy atom. The number of hydrogen-bond acceptors (Lipinski definition) is 3. The van der Waals surface area contributed by atoms with E-state index in [2.05, 4.69) is 10.6 Å². The summed E-state index contributed by atoms with van der Waals surface area (Å²) in [5, 5.41) is 4.61. The number of halogens is 3. The molecule has 2 aromatic rings. The van der Waals surface area contributed by atoms with Gasteiger partial charge in [0.25, 0.3) is 0 Å². The number of nitrogens with one attached hydrogen (secondary N) is 2. The average Bonchev–Trinajstić information content (AvgIpc) is 2.61. The minimum atomic E-state index is -4.48. The molecule has 3 rings (SSSR count). The topological polar surface area (TPSA) is 58.2 Å². The van der Waals surface area contributed by atoms with Gasteiger partial charge in [-0.15, -0.1) is 11.8 Å². The normalized spacial score (nSPS) is 17.6. The Labute approximate surface area is 158 Å². The summed E-state index contributed by atoms with van der Waals surface area (Å²) in [6.45, 7) is 1.84. The van der Waals surface area contributed by atoms with E-state index in [1.807, 2.05) is 37.3 Å². The number of hydrogen-bond donors (Lipinski definition) is 2. The van der Waals surface area contributed by atoms with Crippen molar-refractivity contribution < 1.29 is 22.8 Å². The molecule has 0 bridgehead atoms. The SMILES string of the molecule is C[C@@H](NC(=O)C[C@@H]1Sc2ccc(C(F)(F)F)cc2NC1=O)c1ccccc1. The molecular formula is C19H17F3N2O2S. The first-order valence-electron chi connectivity index (χ1n) is 8.27. The van der Waals surface area contributed by atoms with Crippen molar-refractivity contribution in [2.24, 2.45) is 0 Å². The van der Waals surface area contributed by atoms with Crippen LogP contribution in [0.3, 0.4) is 0 Å². The highest BCUT2D eigenvalue weighted by Gasteiger charge is 2.34. The molecule has 2 atom stereocenters. The van der Waals surface area contributed by atoms with Crippen LogP contribution in [0.2, 0.25) is 0 Å². The first-order chi connectivity index (χ1) is 12.7.